The van der Waals surface area contributed by atoms with Gasteiger partial charge >= 0.3 is 6.03 Å². The summed E-state index contributed by atoms with van der Waals surface area (Å²) in [6, 6.07) is 16.8. The second-order valence-corrected chi connectivity index (χ2v) is 15.8. The number of nitrogens with zero attached hydrogens (tertiary/aromatic N) is 7. The Balaban J connectivity index is 0.862. The number of aryl methyl sites for hydroxylation is 2. The number of carbonyl (C=O) groups is 4. The number of carbonyl (C=O) groups excluding carboxylic acids is 4. The highest BCUT2D eigenvalue weighted by molar-refractivity contribution is 6.08. The lowest BCUT2D eigenvalue weighted by Gasteiger charge is -2.40. The molecule has 0 saturated carbocycles. The maximum atomic E-state index is 16.0. The molecular weight excluding hydrogens is 782 g/mol. The molecule has 4 aromatic rings. The summed E-state index contributed by atoms with van der Waals surface area (Å²) in [6.45, 7) is 9.09. The number of fused-ring (bicyclic) bond motifs is 2. The van der Waals surface area contributed by atoms with Gasteiger partial charge in [0.05, 0.1) is 6.34 Å². The number of rotatable bonds is 9. The Hall–Kier alpha value is -6.82. The summed E-state index contributed by atoms with van der Waals surface area (Å²) in [7, 11) is 1.60. The number of primary amides is 1. The number of imide groups is 1. The second kappa shape index (κ2) is 17.4. The van der Waals surface area contributed by atoms with E-state index in [4.69, 9.17) is 11.1 Å². The Morgan fingerprint density at radius 1 is 0.918 bits per heavy atom. The summed E-state index contributed by atoms with van der Waals surface area (Å²) in [5.41, 5.74) is 11.1. The summed E-state index contributed by atoms with van der Waals surface area (Å²) in [5, 5.41) is 23.2. The van der Waals surface area contributed by atoms with E-state index < -0.39 is 23.6 Å². The Bertz CT molecular complexity index is 2400. The van der Waals surface area contributed by atoms with Crippen molar-refractivity contribution in [1.82, 2.24) is 30.6 Å². The number of benzene rings is 3. The fraction of sp³-hybridized carbons (Fsp3) is 0.372. The third-order valence-electron chi connectivity index (χ3n) is 12.0. The number of aliphatic imine (C=N–C) groups is 1. The molecule has 3 aromatic carbocycles. The molecule has 0 unspecified atom stereocenters. The Morgan fingerprint density at radius 3 is 2.33 bits per heavy atom. The predicted molar refractivity (Wildman–Crippen MR) is 233 cm³/mol. The number of anilines is 5. The fourth-order valence-corrected chi connectivity index (χ4v) is 8.66. The van der Waals surface area contributed by atoms with E-state index in [-0.39, 0.29) is 39.9 Å². The first-order valence-corrected chi connectivity index (χ1v) is 20.6. The third kappa shape index (κ3) is 8.61. The maximum absolute atomic E-state index is 16.0. The normalized spacial score (nSPS) is 17.3. The number of piperidine rings is 1. The summed E-state index contributed by atoms with van der Waals surface area (Å²) in [6.07, 6.45) is 4.40. The number of nitrogens with two attached hydrogens (primary N) is 1. The van der Waals surface area contributed by atoms with Gasteiger partial charge in [-0.25, -0.2) is 18.9 Å². The summed E-state index contributed by atoms with van der Waals surface area (Å²) in [5.74, 6) is -1.82. The lowest BCUT2D eigenvalue weighted by molar-refractivity contribution is -0.120. The molecule has 3 saturated heterocycles. The average Bonchev–Trinajstić information content (AvgIpc) is 3.52. The van der Waals surface area contributed by atoms with Gasteiger partial charge in [0.25, 0.3) is 11.8 Å². The van der Waals surface area contributed by atoms with E-state index in [0.717, 1.165) is 87.0 Å². The van der Waals surface area contributed by atoms with E-state index in [1.54, 1.807) is 16.6 Å². The first-order chi connectivity index (χ1) is 29.5. The molecule has 0 spiro atoms. The van der Waals surface area contributed by atoms with Gasteiger partial charge in [0.1, 0.15) is 22.9 Å². The van der Waals surface area contributed by atoms with Gasteiger partial charge in [-0.15, -0.1) is 0 Å². The molecule has 5 heterocycles. The minimum atomic E-state index is -0.765. The lowest BCUT2D eigenvalue weighted by Crippen LogP contribution is -2.49. The van der Waals surface area contributed by atoms with E-state index >= 15 is 4.39 Å². The number of urea groups is 1. The molecule has 5 amide bonds. The van der Waals surface area contributed by atoms with Gasteiger partial charge in [0.2, 0.25) is 11.9 Å². The monoisotopic (exact) mass is 831 g/mol. The standard InChI is InChI=1S/C43H50FN13O4/c1-26-32(41(60)51-42(46)48-25-47-2)8-9-33(37(26)44)38-36(39(45)59)40-49-34-10-7-31(23-28(34)13-18-57(40)52-38)55-21-19-53(20-22-55)24-27-11-15-54(16-12-27)29-3-5-30(6-4-29)56-17-14-35(58)50-43(56)61/h3-10,23,25,27,49H,11-22,24H2,1-2H3,(H2,45,59)(H,50,58,61)(H3,46,47,48,51,60). The van der Waals surface area contributed by atoms with Crippen LogP contribution in [0.15, 0.2) is 59.6 Å². The minimum absolute atomic E-state index is 0.0155. The number of piperazine rings is 1. The third-order valence-corrected chi connectivity index (χ3v) is 12.0. The van der Waals surface area contributed by atoms with E-state index in [2.05, 4.69) is 70.3 Å². The molecule has 4 aliphatic heterocycles. The molecule has 61 heavy (non-hydrogen) atoms. The number of amides is 5. The Morgan fingerprint density at radius 2 is 1.62 bits per heavy atom. The summed E-state index contributed by atoms with van der Waals surface area (Å²) >= 11 is 0. The van der Waals surface area contributed by atoms with Crippen LogP contribution in [0.3, 0.4) is 0 Å². The van der Waals surface area contributed by atoms with Crippen LogP contribution in [0.2, 0.25) is 0 Å². The molecule has 318 valence electrons. The van der Waals surface area contributed by atoms with Gasteiger partial charge in [-0.3, -0.25) is 40.2 Å². The molecule has 0 atom stereocenters. The van der Waals surface area contributed by atoms with Crippen molar-refractivity contribution in [3.05, 3.63) is 82.7 Å². The minimum Gasteiger partial charge on any atom is -0.379 e. The van der Waals surface area contributed by atoms with Gasteiger partial charge in [-0.1, -0.05) is 0 Å². The van der Waals surface area contributed by atoms with Gasteiger partial charge in [-0.2, -0.15) is 5.10 Å². The SMILES string of the molecule is CN/C=N\C(=N)NC(=O)c1ccc(-c2nn3c(c2C(N)=O)Nc2ccc(N4CCN(CC5CCN(c6ccc(N7CCC(=O)NC7=O)cc6)CC5)CC4)cc2CC3)c(F)c1C. The summed E-state index contributed by atoms with van der Waals surface area (Å²) < 4.78 is 17.6. The molecular formula is C43H50FN13O4. The molecule has 1 aromatic heterocycles. The largest absolute Gasteiger partial charge is 0.379 e. The highest BCUT2D eigenvalue weighted by Crippen LogP contribution is 2.38. The molecule has 8 rings (SSSR count). The van der Waals surface area contributed by atoms with Crippen LogP contribution in [0.1, 0.15) is 51.1 Å². The van der Waals surface area contributed by atoms with Crippen molar-refractivity contribution in [2.45, 2.75) is 39.2 Å². The van der Waals surface area contributed by atoms with Crippen LogP contribution in [0, 0.1) is 24.1 Å². The van der Waals surface area contributed by atoms with Crippen molar-refractivity contribution in [3.63, 3.8) is 0 Å². The van der Waals surface area contributed by atoms with Crippen LogP contribution >= 0.6 is 0 Å². The molecule has 4 aliphatic rings. The number of hydrogen-bond acceptors (Lipinski definition) is 10. The molecule has 18 heteroatoms. The Labute approximate surface area is 352 Å². The zero-order chi connectivity index (χ0) is 42.8. The van der Waals surface area contributed by atoms with Crippen LogP contribution < -0.4 is 41.7 Å². The number of hydrogen-bond donors (Lipinski definition) is 6. The zero-order valence-corrected chi connectivity index (χ0v) is 34.3. The van der Waals surface area contributed by atoms with Crippen molar-refractivity contribution in [1.29, 1.82) is 5.41 Å². The predicted octanol–water partition coefficient (Wildman–Crippen LogP) is 3.79. The summed E-state index contributed by atoms with van der Waals surface area (Å²) in [4.78, 5) is 62.3. The van der Waals surface area contributed by atoms with Crippen LogP contribution in [-0.2, 0) is 17.8 Å². The van der Waals surface area contributed by atoms with E-state index in [0.29, 0.717) is 37.7 Å². The van der Waals surface area contributed by atoms with Crippen molar-refractivity contribution in [2.24, 2.45) is 16.6 Å². The van der Waals surface area contributed by atoms with E-state index in [1.807, 2.05) is 18.2 Å². The number of guanidine groups is 1. The van der Waals surface area contributed by atoms with Crippen molar-refractivity contribution >= 4 is 64.6 Å². The first-order valence-electron chi connectivity index (χ1n) is 20.6. The molecule has 17 nitrogen and oxygen atoms in total. The van der Waals surface area contributed by atoms with Gasteiger partial charge in [-0.05, 0) is 97.8 Å². The van der Waals surface area contributed by atoms with Crippen molar-refractivity contribution in [2.75, 3.05) is 79.4 Å². The van der Waals surface area contributed by atoms with Crippen LogP contribution in [0.25, 0.3) is 11.3 Å². The topological polar surface area (TPSA) is 209 Å². The van der Waals surface area contributed by atoms with Crippen LogP contribution in [0.4, 0.5) is 37.8 Å². The number of nitrogens with one attached hydrogen (secondary N) is 5. The first kappa shape index (κ1) is 40.9. The fourth-order valence-electron chi connectivity index (χ4n) is 8.66. The number of aromatic nitrogens is 2. The maximum Gasteiger partial charge on any atom is 0.328 e. The van der Waals surface area contributed by atoms with Gasteiger partial charge in [0.15, 0.2) is 0 Å². The molecule has 0 bridgehead atoms. The highest BCUT2D eigenvalue weighted by Gasteiger charge is 2.30. The molecule has 0 aliphatic carbocycles. The molecule has 3 fully saturated rings. The van der Waals surface area contributed by atoms with E-state index in [1.165, 1.54) is 25.4 Å². The Kier molecular flexibility index (Phi) is 11.7. The van der Waals surface area contributed by atoms with Gasteiger partial charge < -0.3 is 26.2 Å². The van der Waals surface area contributed by atoms with Crippen LogP contribution in [0.5, 0.6) is 0 Å². The quantitative estimate of drug-likeness (QED) is 0.106. The van der Waals surface area contributed by atoms with Crippen molar-refractivity contribution in [3.8, 4) is 11.3 Å². The van der Waals surface area contributed by atoms with E-state index in [9.17, 15) is 19.2 Å². The molecule has 0 radical (unpaired) electrons. The molecule has 7 N–H and O–H groups in total. The van der Waals surface area contributed by atoms with Crippen molar-refractivity contribution < 1.29 is 23.6 Å². The lowest BCUT2D eigenvalue weighted by atomic mass is 9.95. The zero-order valence-electron chi connectivity index (χ0n) is 34.3. The average molecular weight is 832 g/mol. The smallest absolute Gasteiger partial charge is 0.328 e. The van der Waals surface area contributed by atoms with Crippen LogP contribution in [-0.4, -0.2) is 110 Å². The second-order valence-electron chi connectivity index (χ2n) is 15.8. The highest BCUT2D eigenvalue weighted by atomic mass is 19.1. The van der Waals surface area contributed by atoms with Gasteiger partial charge in [0, 0.05) is 106 Å². The number of halogens is 1.